The number of benzene rings is 1. The van der Waals surface area contributed by atoms with Crippen LogP contribution in [0.5, 0.6) is 0 Å². The predicted molar refractivity (Wildman–Crippen MR) is 71.1 cm³/mol. The molecule has 2 rings (SSSR count). The van der Waals surface area contributed by atoms with Gasteiger partial charge in [0.1, 0.15) is 11.2 Å². The Morgan fingerprint density at radius 3 is 2.47 bits per heavy atom. The highest BCUT2D eigenvalue weighted by Crippen LogP contribution is 2.40. The van der Waals surface area contributed by atoms with Crippen molar-refractivity contribution in [3.8, 4) is 0 Å². The van der Waals surface area contributed by atoms with E-state index in [1.807, 2.05) is 0 Å². The molecule has 0 amide bonds. The molecular weight excluding hydrogens is 245 g/mol. The highest BCUT2D eigenvalue weighted by Gasteiger charge is 2.43. The molecule has 1 atom stereocenters. The highest BCUT2D eigenvalue weighted by atomic mass is 19.1. The lowest BCUT2D eigenvalue weighted by molar-refractivity contribution is -0.148. The van der Waals surface area contributed by atoms with Crippen LogP contribution >= 0.6 is 0 Å². The fourth-order valence-corrected chi connectivity index (χ4v) is 2.76. The number of hydrogen-bond donors (Lipinski definition) is 1. The van der Waals surface area contributed by atoms with Crippen LogP contribution in [0.25, 0.3) is 0 Å². The van der Waals surface area contributed by atoms with Crippen LogP contribution in [0.3, 0.4) is 0 Å². The smallest absolute Gasteiger partial charge is 0.317 e. The molecule has 1 fully saturated rings. The van der Waals surface area contributed by atoms with Crippen molar-refractivity contribution >= 4 is 5.97 Å². The van der Waals surface area contributed by atoms with Crippen LogP contribution in [-0.2, 0) is 14.9 Å². The molecule has 0 saturated heterocycles. The van der Waals surface area contributed by atoms with E-state index in [4.69, 9.17) is 10.5 Å². The van der Waals surface area contributed by atoms with Crippen molar-refractivity contribution in [1.82, 2.24) is 0 Å². The first-order chi connectivity index (χ1) is 9.12. The first-order valence-electron chi connectivity index (χ1n) is 6.67. The van der Waals surface area contributed by atoms with Crippen molar-refractivity contribution in [2.75, 3.05) is 13.7 Å². The van der Waals surface area contributed by atoms with E-state index in [1.165, 1.54) is 25.7 Å². The third-order valence-corrected chi connectivity index (χ3v) is 4.18. The molecule has 1 aromatic carbocycles. The van der Waals surface area contributed by atoms with Crippen molar-refractivity contribution < 1.29 is 13.9 Å². The number of rotatable bonds is 5. The lowest BCUT2D eigenvalue weighted by Crippen LogP contribution is -2.46. The zero-order valence-corrected chi connectivity index (χ0v) is 11.2. The van der Waals surface area contributed by atoms with Gasteiger partial charge in [-0.3, -0.25) is 4.79 Å². The quantitative estimate of drug-likeness (QED) is 0.832. The second-order valence-electron chi connectivity index (χ2n) is 5.29. The SMILES string of the molecule is COC(=O)C(CN)(CC1CCC1)c1ccc(F)cc1. The van der Waals surface area contributed by atoms with Gasteiger partial charge in [-0.15, -0.1) is 0 Å². The fraction of sp³-hybridized carbons (Fsp3) is 0.533. The van der Waals surface area contributed by atoms with Crippen LogP contribution in [0.4, 0.5) is 4.39 Å². The van der Waals surface area contributed by atoms with Crippen LogP contribution in [0.2, 0.25) is 0 Å². The van der Waals surface area contributed by atoms with Crippen LogP contribution in [-0.4, -0.2) is 19.6 Å². The van der Waals surface area contributed by atoms with Crippen molar-refractivity contribution in [2.24, 2.45) is 11.7 Å². The van der Waals surface area contributed by atoms with E-state index in [9.17, 15) is 9.18 Å². The third kappa shape index (κ3) is 2.63. The summed E-state index contributed by atoms with van der Waals surface area (Å²) in [5, 5.41) is 0. The summed E-state index contributed by atoms with van der Waals surface area (Å²) in [7, 11) is 1.37. The zero-order chi connectivity index (χ0) is 13.9. The maximum absolute atomic E-state index is 13.1. The number of carbonyl (C=O) groups excluding carboxylic acids is 1. The molecule has 0 aliphatic heterocycles. The maximum atomic E-state index is 13.1. The Morgan fingerprint density at radius 1 is 1.42 bits per heavy atom. The first kappa shape index (κ1) is 14.0. The minimum absolute atomic E-state index is 0.182. The third-order valence-electron chi connectivity index (χ3n) is 4.18. The Morgan fingerprint density at radius 2 is 2.05 bits per heavy atom. The number of halogens is 1. The molecule has 0 spiro atoms. The minimum Gasteiger partial charge on any atom is -0.468 e. The van der Waals surface area contributed by atoms with Gasteiger partial charge in [0.15, 0.2) is 0 Å². The Kier molecular flexibility index (Phi) is 4.20. The summed E-state index contributed by atoms with van der Waals surface area (Å²) in [5.74, 6) is -0.135. The molecule has 104 valence electrons. The van der Waals surface area contributed by atoms with Gasteiger partial charge < -0.3 is 10.5 Å². The number of methoxy groups -OCH3 is 1. The molecule has 3 nitrogen and oxygen atoms in total. The van der Waals surface area contributed by atoms with Gasteiger partial charge in [-0.25, -0.2) is 4.39 Å². The fourth-order valence-electron chi connectivity index (χ4n) is 2.76. The summed E-state index contributed by atoms with van der Waals surface area (Å²) in [6.07, 6.45) is 4.14. The molecule has 1 aromatic rings. The molecule has 0 heterocycles. The Bertz CT molecular complexity index is 442. The van der Waals surface area contributed by atoms with E-state index in [2.05, 4.69) is 0 Å². The van der Waals surface area contributed by atoms with E-state index in [0.717, 1.165) is 18.4 Å². The molecule has 4 heteroatoms. The zero-order valence-electron chi connectivity index (χ0n) is 11.2. The molecule has 0 radical (unpaired) electrons. The predicted octanol–water partition coefficient (Wildman–Crippen LogP) is 2.39. The molecule has 0 bridgehead atoms. The monoisotopic (exact) mass is 265 g/mol. The second-order valence-corrected chi connectivity index (χ2v) is 5.29. The molecule has 2 N–H and O–H groups in total. The summed E-state index contributed by atoms with van der Waals surface area (Å²) in [5.41, 5.74) is 5.79. The minimum atomic E-state index is -0.840. The largest absolute Gasteiger partial charge is 0.468 e. The van der Waals surface area contributed by atoms with E-state index < -0.39 is 5.41 Å². The Labute approximate surface area is 112 Å². The number of ether oxygens (including phenoxy) is 1. The molecule has 1 unspecified atom stereocenters. The number of hydrogen-bond acceptors (Lipinski definition) is 3. The standard InChI is InChI=1S/C15H20FNO2/c1-19-14(18)15(10-17,9-11-3-2-4-11)12-5-7-13(16)8-6-12/h5-8,11H,2-4,9-10,17H2,1H3. The van der Waals surface area contributed by atoms with Crippen LogP contribution in [0.1, 0.15) is 31.2 Å². The maximum Gasteiger partial charge on any atom is 0.317 e. The van der Waals surface area contributed by atoms with Gasteiger partial charge in [0, 0.05) is 6.54 Å². The van der Waals surface area contributed by atoms with Crippen molar-refractivity contribution in [2.45, 2.75) is 31.1 Å². The lowest BCUT2D eigenvalue weighted by Gasteiger charge is -2.37. The molecule has 1 saturated carbocycles. The summed E-state index contributed by atoms with van der Waals surface area (Å²) in [4.78, 5) is 12.2. The highest BCUT2D eigenvalue weighted by molar-refractivity contribution is 5.83. The van der Waals surface area contributed by atoms with E-state index in [1.54, 1.807) is 12.1 Å². The van der Waals surface area contributed by atoms with E-state index in [0.29, 0.717) is 12.3 Å². The number of nitrogens with two attached hydrogens (primary N) is 1. The first-order valence-corrected chi connectivity index (χ1v) is 6.67. The van der Waals surface area contributed by atoms with Gasteiger partial charge in [-0.1, -0.05) is 31.4 Å². The molecular formula is C15H20FNO2. The average Bonchev–Trinajstić information content (AvgIpc) is 2.39. The normalized spacial score (nSPS) is 18.5. The van der Waals surface area contributed by atoms with Crippen molar-refractivity contribution in [1.29, 1.82) is 0 Å². The summed E-state index contributed by atoms with van der Waals surface area (Å²) >= 11 is 0. The number of carbonyl (C=O) groups is 1. The molecule has 1 aliphatic carbocycles. The average molecular weight is 265 g/mol. The molecule has 1 aliphatic rings. The summed E-state index contributed by atoms with van der Waals surface area (Å²) in [6, 6.07) is 6.00. The summed E-state index contributed by atoms with van der Waals surface area (Å²) in [6.45, 7) is 0.182. The summed E-state index contributed by atoms with van der Waals surface area (Å²) < 4.78 is 18.0. The molecule has 19 heavy (non-hydrogen) atoms. The van der Waals surface area contributed by atoms with Crippen LogP contribution in [0, 0.1) is 11.7 Å². The van der Waals surface area contributed by atoms with Crippen molar-refractivity contribution in [3.05, 3.63) is 35.6 Å². The van der Waals surface area contributed by atoms with Crippen LogP contribution in [0.15, 0.2) is 24.3 Å². The lowest BCUT2D eigenvalue weighted by atomic mass is 9.68. The van der Waals surface area contributed by atoms with Gasteiger partial charge in [0.2, 0.25) is 0 Å². The van der Waals surface area contributed by atoms with Gasteiger partial charge in [-0.2, -0.15) is 0 Å². The Balaban J connectivity index is 2.35. The van der Waals surface area contributed by atoms with Crippen molar-refractivity contribution in [3.63, 3.8) is 0 Å². The second kappa shape index (κ2) is 5.70. The topological polar surface area (TPSA) is 52.3 Å². The van der Waals surface area contributed by atoms with Gasteiger partial charge in [-0.05, 0) is 30.0 Å². The van der Waals surface area contributed by atoms with Gasteiger partial charge in [0.25, 0.3) is 0 Å². The number of esters is 1. The van der Waals surface area contributed by atoms with Gasteiger partial charge >= 0.3 is 5.97 Å². The van der Waals surface area contributed by atoms with E-state index >= 15 is 0 Å². The van der Waals surface area contributed by atoms with Crippen LogP contribution < -0.4 is 5.73 Å². The molecule has 0 aromatic heterocycles. The van der Waals surface area contributed by atoms with E-state index in [-0.39, 0.29) is 18.3 Å². The Hall–Kier alpha value is -1.42. The van der Waals surface area contributed by atoms with Gasteiger partial charge in [0.05, 0.1) is 7.11 Å².